The fourth-order valence-electron chi connectivity index (χ4n) is 2.25. The van der Waals surface area contributed by atoms with Gasteiger partial charge in [-0.3, -0.25) is 0 Å². The van der Waals surface area contributed by atoms with Crippen molar-refractivity contribution in [3.8, 4) is 0 Å². The maximum atomic E-state index is 5.43. The minimum absolute atomic E-state index is 0.672. The monoisotopic (exact) mass is 291 g/mol. The number of nitrogens with zero attached hydrogens (tertiary/aromatic N) is 2. The van der Waals surface area contributed by atoms with Crippen LogP contribution in [0, 0.1) is 0 Å². The molecular weight excluding hydrogens is 266 g/mol. The highest BCUT2D eigenvalue weighted by molar-refractivity contribution is 5.75. The Balaban J connectivity index is 1.63. The Kier molecular flexibility index (Phi) is 6.66. The van der Waals surface area contributed by atoms with E-state index in [1.807, 2.05) is 12.1 Å². The Bertz CT molecular complexity index is 539. The molecule has 0 aliphatic heterocycles. The number of para-hydroxylation sites is 2. The summed E-state index contributed by atoms with van der Waals surface area (Å²) in [6.07, 6.45) is 2.18. The highest BCUT2D eigenvalue weighted by Crippen LogP contribution is 2.13. The molecule has 116 valence electrons. The topological polar surface area (TPSA) is 48.3 Å². The first-order chi connectivity index (χ1) is 10.3. The van der Waals surface area contributed by atoms with Crippen LogP contribution >= 0.6 is 0 Å². The summed E-state index contributed by atoms with van der Waals surface area (Å²) in [7, 11) is 3.75. The molecule has 1 aromatic carbocycles. The zero-order chi connectivity index (χ0) is 14.9. The summed E-state index contributed by atoms with van der Waals surface area (Å²) in [5.41, 5.74) is 2.24. The van der Waals surface area contributed by atoms with Gasteiger partial charge in [0.2, 0.25) is 0 Å². The van der Waals surface area contributed by atoms with E-state index in [0.717, 1.165) is 43.9 Å². The van der Waals surface area contributed by atoms with Crippen LogP contribution < -0.4 is 5.32 Å². The van der Waals surface area contributed by atoms with Crippen molar-refractivity contribution in [2.45, 2.75) is 19.4 Å². The van der Waals surface area contributed by atoms with Gasteiger partial charge in [-0.15, -0.1) is 0 Å². The molecule has 21 heavy (non-hydrogen) atoms. The van der Waals surface area contributed by atoms with Crippen LogP contribution in [0.4, 0.5) is 0 Å². The van der Waals surface area contributed by atoms with Crippen molar-refractivity contribution in [1.29, 1.82) is 0 Å². The molecule has 2 aromatic rings. The predicted octanol–water partition coefficient (Wildman–Crippen LogP) is 2.11. The Hall–Kier alpha value is -1.43. The summed E-state index contributed by atoms with van der Waals surface area (Å²) in [6.45, 7) is 3.94. The van der Waals surface area contributed by atoms with E-state index >= 15 is 0 Å². The molecule has 0 saturated carbocycles. The zero-order valence-corrected chi connectivity index (χ0v) is 13.0. The lowest BCUT2D eigenvalue weighted by Crippen LogP contribution is -2.18. The standard InChI is InChI=1S/C16H25N3O2/c1-19-15-8-4-3-7-14(15)18-16(19)13-17-9-5-6-10-21-12-11-20-2/h3-4,7-8,17H,5-6,9-13H2,1-2H3. The van der Waals surface area contributed by atoms with Gasteiger partial charge in [0.1, 0.15) is 5.82 Å². The SMILES string of the molecule is COCCOCCCCNCc1nc2ccccc2n1C. The minimum atomic E-state index is 0.672. The second-order valence-electron chi connectivity index (χ2n) is 5.06. The number of aryl methyl sites for hydroxylation is 1. The van der Waals surface area contributed by atoms with Crippen molar-refractivity contribution in [1.82, 2.24) is 14.9 Å². The van der Waals surface area contributed by atoms with Crippen LogP contribution in [0.15, 0.2) is 24.3 Å². The number of imidazole rings is 1. The number of nitrogens with one attached hydrogen (secondary N) is 1. The molecule has 0 unspecified atom stereocenters. The number of benzene rings is 1. The molecular formula is C16H25N3O2. The number of methoxy groups -OCH3 is 1. The highest BCUT2D eigenvalue weighted by atomic mass is 16.5. The van der Waals surface area contributed by atoms with Crippen molar-refractivity contribution in [3.05, 3.63) is 30.1 Å². The fourth-order valence-corrected chi connectivity index (χ4v) is 2.25. The van der Waals surface area contributed by atoms with Gasteiger partial charge in [-0.25, -0.2) is 4.98 Å². The number of rotatable bonds is 10. The quantitative estimate of drug-likeness (QED) is 0.681. The second kappa shape index (κ2) is 8.77. The summed E-state index contributed by atoms with van der Waals surface area (Å²) >= 11 is 0. The molecule has 0 atom stereocenters. The van der Waals surface area contributed by atoms with Crippen LogP contribution in [0.5, 0.6) is 0 Å². The average molecular weight is 291 g/mol. The third-order valence-corrected chi connectivity index (χ3v) is 3.49. The van der Waals surface area contributed by atoms with E-state index in [2.05, 4.69) is 34.0 Å². The van der Waals surface area contributed by atoms with Crippen LogP contribution in [-0.2, 0) is 23.1 Å². The summed E-state index contributed by atoms with van der Waals surface area (Å²) in [4.78, 5) is 4.64. The largest absolute Gasteiger partial charge is 0.382 e. The van der Waals surface area contributed by atoms with Gasteiger partial charge in [0.25, 0.3) is 0 Å². The minimum Gasteiger partial charge on any atom is -0.382 e. The van der Waals surface area contributed by atoms with Crippen LogP contribution in [0.25, 0.3) is 11.0 Å². The molecule has 0 saturated heterocycles. The predicted molar refractivity (Wildman–Crippen MR) is 84.3 cm³/mol. The number of ether oxygens (including phenoxy) is 2. The van der Waals surface area contributed by atoms with Gasteiger partial charge in [0, 0.05) is 20.8 Å². The van der Waals surface area contributed by atoms with Crippen LogP contribution in [0.2, 0.25) is 0 Å². The molecule has 0 aliphatic rings. The normalized spacial score (nSPS) is 11.3. The molecule has 1 aromatic heterocycles. The van der Waals surface area contributed by atoms with Gasteiger partial charge < -0.3 is 19.4 Å². The number of fused-ring (bicyclic) bond motifs is 1. The molecule has 0 aliphatic carbocycles. The molecule has 1 heterocycles. The van der Waals surface area contributed by atoms with E-state index in [0.29, 0.717) is 13.2 Å². The molecule has 5 heteroatoms. The first kappa shape index (κ1) is 15.9. The van der Waals surface area contributed by atoms with Gasteiger partial charge in [0.15, 0.2) is 0 Å². The number of aromatic nitrogens is 2. The van der Waals surface area contributed by atoms with E-state index in [9.17, 15) is 0 Å². The number of hydrogen-bond acceptors (Lipinski definition) is 4. The smallest absolute Gasteiger partial charge is 0.123 e. The van der Waals surface area contributed by atoms with Gasteiger partial charge >= 0.3 is 0 Å². The van der Waals surface area contributed by atoms with Gasteiger partial charge in [0.05, 0.1) is 30.8 Å². The first-order valence-electron chi connectivity index (χ1n) is 7.50. The molecule has 0 bridgehead atoms. The fraction of sp³-hybridized carbons (Fsp3) is 0.562. The Morgan fingerprint density at radius 1 is 1.14 bits per heavy atom. The molecule has 0 fully saturated rings. The molecule has 0 radical (unpaired) electrons. The van der Waals surface area contributed by atoms with Gasteiger partial charge in [-0.05, 0) is 31.5 Å². The lowest BCUT2D eigenvalue weighted by Gasteiger charge is -2.06. The molecule has 1 N–H and O–H groups in total. The van der Waals surface area contributed by atoms with E-state index in [4.69, 9.17) is 9.47 Å². The van der Waals surface area contributed by atoms with Crippen molar-refractivity contribution in [2.75, 3.05) is 33.5 Å². The van der Waals surface area contributed by atoms with E-state index in [1.165, 1.54) is 5.52 Å². The number of hydrogen-bond donors (Lipinski definition) is 1. The van der Waals surface area contributed by atoms with Crippen molar-refractivity contribution in [3.63, 3.8) is 0 Å². The summed E-state index contributed by atoms with van der Waals surface area (Å²) < 4.78 is 12.5. The molecule has 2 rings (SSSR count). The Labute approximate surface area is 126 Å². The summed E-state index contributed by atoms with van der Waals surface area (Å²) in [6, 6.07) is 8.22. The van der Waals surface area contributed by atoms with E-state index < -0.39 is 0 Å². The van der Waals surface area contributed by atoms with Gasteiger partial charge in [-0.2, -0.15) is 0 Å². The average Bonchev–Trinajstić information content (AvgIpc) is 2.83. The molecule has 5 nitrogen and oxygen atoms in total. The molecule has 0 amide bonds. The second-order valence-corrected chi connectivity index (χ2v) is 5.06. The van der Waals surface area contributed by atoms with Crippen LogP contribution in [0.3, 0.4) is 0 Å². The first-order valence-corrected chi connectivity index (χ1v) is 7.50. The lowest BCUT2D eigenvalue weighted by atomic mass is 10.3. The number of unbranched alkanes of at least 4 members (excludes halogenated alkanes) is 1. The van der Waals surface area contributed by atoms with Crippen molar-refractivity contribution >= 4 is 11.0 Å². The third-order valence-electron chi connectivity index (χ3n) is 3.49. The van der Waals surface area contributed by atoms with Crippen LogP contribution in [-0.4, -0.2) is 43.0 Å². The Morgan fingerprint density at radius 2 is 2.00 bits per heavy atom. The third kappa shape index (κ3) is 4.81. The van der Waals surface area contributed by atoms with Crippen LogP contribution in [0.1, 0.15) is 18.7 Å². The van der Waals surface area contributed by atoms with Crippen molar-refractivity contribution in [2.24, 2.45) is 7.05 Å². The maximum absolute atomic E-state index is 5.43. The zero-order valence-electron chi connectivity index (χ0n) is 13.0. The Morgan fingerprint density at radius 3 is 2.81 bits per heavy atom. The van der Waals surface area contributed by atoms with E-state index in [-0.39, 0.29) is 0 Å². The lowest BCUT2D eigenvalue weighted by molar-refractivity contribution is 0.0688. The maximum Gasteiger partial charge on any atom is 0.123 e. The van der Waals surface area contributed by atoms with Crippen molar-refractivity contribution < 1.29 is 9.47 Å². The van der Waals surface area contributed by atoms with Gasteiger partial charge in [-0.1, -0.05) is 12.1 Å². The van der Waals surface area contributed by atoms with E-state index in [1.54, 1.807) is 7.11 Å². The molecule has 0 spiro atoms. The summed E-state index contributed by atoms with van der Waals surface area (Å²) in [5.74, 6) is 1.08. The summed E-state index contributed by atoms with van der Waals surface area (Å²) in [5, 5.41) is 3.44. The highest BCUT2D eigenvalue weighted by Gasteiger charge is 2.05.